The molecule has 1 aromatic heterocycles. The van der Waals surface area contributed by atoms with Gasteiger partial charge in [-0.3, -0.25) is 0 Å². The van der Waals surface area contributed by atoms with Gasteiger partial charge in [-0.05, 0) is 37.6 Å². The van der Waals surface area contributed by atoms with Crippen LogP contribution in [0.1, 0.15) is 21.1 Å². The highest BCUT2D eigenvalue weighted by Gasteiger charge is 2.06. The summed E-state index contributed by atoms with van der Waals surface area (Å²) in [5, 5.41) is 9.59. The molecule has 1 heterocycles. The molecule has 0 radical (unpaired) electrons. The van der Waals surface area contributed by atoms with E-state index in [4.69, 9.17) is 9.84 Å². The summed E-state index contributed by atoms with van der Waals surface area (Å²) in [6.45, 7) is 4.46. The normalized spacial score (nSPS) is 11.0. The Kier molecular flexibility index (Phi) is 5.11. The second-order valence-electron chi connectivity index (χ2n) is 4.64. The van der Waals surface area contributed by atoms with Gasteiger partial charge < -0.3 is 9.84 Å². The fraction of sp³-hybridized carbons (Fsp3) is 0.250. The van der Waals surface area contributed by atoms with E-state index in [1.165, 1.54) is 16.9 Å². The second-order valence-corrected chi connectivity index (χ2v) is 5.76. The van der Waals surface area contributed by atoms with Crippen LogP contribution in [0.25, 0.3) is 6.08 Å². The van der Waals surface area contributed by atoms with Crippen molar-refractivity contribution in [2.75, 3.05) is 6.61 Å². The number of rotatable bonds is 6. The van der Waals surface area contributed by atoms with E-state index in [2.05, 4.69) is 4.98 Å². The minimum Gasteiger partial charge on any atom is -0.493 e. The van der Waals surface area contributed by atoms with Crippen LogP contribution in [0.3, 0.4) is 0 Å². The van der Waals surface area contributed by atoms with Crippen LogP contribution < -0.4 is 4.74 Å². The number of aliphatic carboxylic acids is 1. The van der Waals surface area contributed by atoms with E-state index < -0.39 is 5.97 Å². The summed E-state index contributed by atoms with van der Waals surface area (Å²) in [4.78, 5) is 15.8. The summed E-state index contributed by atoms with van der Waals surface area (Å²) in [7, 11) is 0. The maximum Gasteiger partial charge on any atom is 0.328 e. The van der Waals surface area contributed by atoms with Crippen LogP contribution in [0.4, 0.5) is 0 Å². The van der Waals surface area contributed by atoms with E-state index in [1.54, 1.807) is 6.08 Å². The summed E-state index contributed by atoms with van der Waals surface area (Å²) in [5.74, 6) is -0.0959. The Morgan fingerprint density at radius 1 is 1.43 bits per heavy atom. The summed E-state index contributed by atoms with van der Waals surface area (Å²) in [6, 6.07) is 7.92. The van der Waals surface area contributed by atoms with Gasteiger partial charge in [-0.1, -0.05) is 12.1 Å². The van der Waals surface area contributed by atoms with Gasteiger partial charge in [0, 0.05) is 12.5 Å². The number of aromatic nitrogens is 1. The fourth-order valence-corrected chi connectivity index (χ4v) is 2.79. The zero-order valence-electron chi connectivity index (χ0n) is 12.0. The van der Waals surface area contributed by atoms with Gasteiger partial charge in [-0.15, -0.1) is 11.3 Å². The Bertz CT molecular complexity index is 661. The van der Waals surface area contributed by atoms with Gasteiger partial charge in [0.1, 0.15) is 5.75 Å². The number of hydrogen-bond acceptors (Lipinski definition) is 4. The van der Waals surface area contributed by atoms with Gasteiger partial charge in [0.2, 0.25) is 0 Å². The predicted molar refractivity (Wildman–Crippen MR) is 83.9 cm³/mol. The molecule has 0 amide bonds. The van der Waals surface area contributed by atoms with Crippen LogP contribution in [0, 0.1) is 13.8 Å². The quantitative estimate of drug-likeness (QED) is 0.830. The monoisotopic (exact) mass is 303 g/mol. The number of thiazole rings is 1. The summed E-state index contributed by atoms with van der Waals surface area (Å²) in [5.41, 5.74) is 2.02. The predicted octanol–water partition coefficient (Wildman–Crippen LogP) is 3.48. The number of hydrogen-bond donors (Lipinski definition) is 1. The van der Waals surface area contributed by atoms with Crippen LogP contribution in [0.15, 0.2) is 30.3 Å². The molecule has 2 aromatic rings. The number of carboxylic acid groups (broad SMARTS) is 1. The molecule has 110 valence electrons. The van der Waals surface area contributed by atoms with Crippen molar-refractivity contribution in [1.82, 2.24) is 4.98 Å². The van der Waals surface area contributed by atoms with E-state index in [9.17, 15) is 4.79 Å². The van der Waals surface area contributed by atoms with Crippen molar-refractivity contribution < 1.29 is 14.6 Å². The van der Waals surface area contributed by atoms with E-state index in [1.807, 2.05) is 38.1 Å². The minimum absolute atomic E-state index is 0.554. The van der Waals surface area contributed by atoms with E-state index in [0.717, 1.165) is 27.4 Å². The van der Waals surface area contributed by atoms with Gasteiger partial charge in [0.15, 0.2) is 0 Å². The Morgan fingerprint density at radius 3 is 2.95 bits per heavy atom. The number of carbonyl (C=O) groups is 1. The molecule has 0 aliphatic rings. The minimum atomic E-state index is -0.952. The molecule has 5 heteroatoms. The molecule has 0 atom stereocenters. The first-order chi connectivity index (χ1) is 10.0. The molecule has 0 bridgehead atoms. The number of carboxylic acids is 1. The van der Waals surface area contributed by atoms with Gasteiger partial charge >= 0.3 is 5.97 Å². The van der Waals surface area contributed by atoms with Gasteiger partial charge in [0.05, 0.1) is 22.2 Å². The van der Waals surface area contributed by atoms with Crippen LogP contribution in [0.5, 0.6) is 5.75 Å². The van der Waals surface area contributed by atoms with Gasteiger partial charge in [0.25, 0.3) is 0 Å². The Morgan fingerprint density at radius 2 is 2.24 bits per heavy atom. The third-order valence-corrected chi connectivity index (χ3v) is 4.01. The average molecular weight is 303 g/mol. The smallest absolute Gasteiger partial charge is 0.328 e. The van der Waals surface area contributed by atoms with Crippen molar-refractivity contribution in [2.45, 2.75) is 20.3 Å². The topological polar surface area (TPSA) is 59.4 Å². The van der Waals surface area contributed by atoms with Crippen molar-refractivity contribution in [3.05, 3.63) is 51.5 Å². The molecule has 21 heavy (non-hydrogen) atoms. The first kappa shape index (κ1) is 15.3. The maximum atomic E-state index is 10.5. The molecular formula is C16H17NO3S. The van der Waals surface area contributed by atoms with Crippen molar-refractivity contribution in [2.24, 2.45) is 0 Å². The first-order valence-corrected chi connectivity index (χ1v) is 7.43. The third-order valence-electron chi connectivity index (χ3n) is 2.83. The largest absolute Gasteiger partial charge is 0.493 e. The highest BCUT2D eigenvalue weighted by atomic mass is 32.1. The zero-order chi connectivity index (χ0) is 15.2. The Hall–Kier alpha value is -2.14. The molecule has 0 spiro atoms. The summed E-state index contributed by atoms with van der Waals surface area (Å²) in [6.07, 6.45) is 3.42. The highest BCUT2D eigenvalue weighted by molar-refractivity contribution is 7.12. The maximum absolute atomic E-state index is 10.5. The lowest BCUT2D eigenvalue weighted by Gasteiger charge is -2.05. The average Bonchev–Trinajstić information content (AvgIpc) is 2.77. The molecule has 0 saturated heterocycles. The van der Waals surface area contributed by atoms with Crippen LogP contribution in [-0.2, 0) is 11.2 Å². The van der Waals surface area contributed by atoms with E-state index >= 15 is 0 Å². The molecule has 0 aliphatic heterocycles. The summed E-state index contributed by atoms with van der Waals surface area (Å²) < 4.78 is 5.69. The van der Waals surface area contributed by atoms with Crippen LogP contribution in [0.2, 0.25) is 0 Å². The Balaban J connectivity index is 1.92. The SMILES string of the molecule is Cc1cccc(OCCc2nc(C)c(/C=C/C(=O)O)s2)c1. The van der Waals surface area contributed by atoms with Crippen LogP contribution >= 0.6 is 11.3 Å². The van der Waals surface area contributed by atoms with Crippen molar-refractivity contribution in [3.63, 3.8) is 0 Å². The Labute approximate surface area is 127 Å². The molecule has 1 aromatic carbocycles. The lowest BCUT2D eigenvalue weighted by Crippen LogP contribution is -2.01. The van der Waals surface area contributed by atoms with Crippen LogP contribution in [-0.4, -0.2) is 22.7 Å². The molecule has 0 saturated carbocycles. The van der Waals surface area contributed by atoms with Gasteiger partial charge in [-0.2, -0.15) is 0 Å². The fourth-order valence-electron chi connectivity index (χ4n) is 1.84. The standard InChI is InChI=1S/C16H17NO3S/c1-11-4-3-5-13(10-11)20-9-8-15-17-12(2)14(21-15)6-7-16(18)19/h3-7,10H,8-9H2,1-2H3,(H,18,19)/b7-6+. The number of aryl methyl sites for hydroxylation is 2. The zero-order valence-corrected chi connectivity index (χ0v) is 12.8. The molecule has 0 unspecified atom stereocenters. The molecule has 1 N–H and O–H groups in total. The summed E-state index contributed by atoms with van der Waals surface area (Å²) >= 11 is 1.50. The third kappa shape index (κ3) is 4.72. The lowest BCUT2D eigenvalue weighted by molar-refractivity contribution is -0.131. The second kappa shape index (κ2) is 7.04. The van der Waals surface area contributed by atoms with E-state index in [-0.39, 0.29) is 0 Å². The number of nitrogens with zero attached hydrogens (tertiary/aromatic N) is 1. The van der Waals surface area contributed by atoms with Gasteiger partial charge in [-0.25, -0.2) is 9.78 Å². The highest BCUT2D eigenvalue weighted by Crippen LogP contribution is 2.20. The molecule has 2 rings (SSSR count). The number of ether oxygens (including phenoxy) is 1. The molecule has 4 nitrogen and oxygen atoms in total. The number of benzene rings is 1. The molecule has 0 fully saturated rings. The first-order valence-electron chi connectivity index (χ1n) is 6.61. The van der Waals surface area contributed by atoms with Crippen molar-refractivity contribution in [3.8, 4) is 5.75 Å². The lowest BCUT2D eigenvalue weighted by atomic mass is 10.2. The molecular weight excluding hydrogens is 286 g/mol. The van der Waals surface area contributed by atoms with Crippen molar-refractivity contribution >= 4 is 23.4 Å². The van der Waals surface area contributed by atoms with E-state index in [0.29, 0.717) is 13.0 Å². The van der Waals surface area contributed by atoms with Crippen molar-refractivity contribution in [1.29, 1.82) is 0 Å². The molecule has 0 aliphatic carbocycles.